The van der Waals surface area contributed by atoms with Crippen LogP contribution >= 0.6 is 11.6 Å². The largest absolute Gasteiger partial charge is 0.328 e. The Labute approximate surface area is 116 Å². The van der Waals surface area contributed by atoms with Gasteiger partial charge in [-0.05, 0) is 29.2 Å². The van der Waals surface area contributed by atoms with E-state index in [0.29, 0.717) is 10.6 Å². The number of hydrogen-bond acceptors (Lipinski definition) is 2. The molecule has 0 aliphatic heterocycles. The molecule has 0 atom stereocenters. The first-order valence-electron chi connectivity index (χ1n) is 5.96. The smallest absolute Gasteiger partial charge is 0.266 e. The average Bonchev–Trinajstić information content (AvgIpc) is 2.37. The quantitative estimate of drug-likeness (QED) is 0.906. The minimum Gasteiger partial charge on any atom is -0.328 e. The number of nitriles is 1. The fraction of sp³-hybridized carbons (Fsp3) is 0.200. The summed E-state index contributed by atoms with van der Waals surface area (Å²) < 4.78 is 0. The summed E-state index contributed by atoms with van der Waals surface area (Å²) in [6.07, 6.45) is 1.67. The molecular formula is C15H13ClN2O. The summed E-state index contributed by atoms with van der Waals surface area (Å²) >= 11 is 5.99. The van der Waals surface area contributed by atoms with Gasteiger partial charge >= 0.3 is 0 Å². The molecule has 0 radical (unpaired) electrons. The first-order chi connectivity index (χ1) is 9.04. The van der Waals surface area contributed by atoms with Crippen molar-refractivity contribution in [3.05, 3.63) is 57.0 Å². The van der Waals surface area contributed by atoms with Crippen molar-refractivity contribution in [2.24, 2.45) is 0 Å². The minimum absolute atomic E-state index is 0.133. The Morgan fingerprint density at radius 3 is 2.68 bits per heavy atom. The van der Waals surface area contributed by atoms with Crippen molar-refractivity contribution in [1.29, 1.82) is 5.26 Å². The van der Waals surface area contributed by atoms with Crippen LogP contribution < -0.4 is 5.56 Å². The molecule has 1 heterocycles. The maximum Gasteiger partial charge on any atom is 0.266 e. The fourth-order valence-corrected chi connectivity index (χ4v) is 2.25. The Balaban J connectivity index is 2.84. The van der Waals surface area contributed by atoms with Gasteiger partial charge in [0.2, 0.25) is 0 Å². The number of rotatable bonds is 2. The van der Waals surface area contributed by atoms with Crippen LogP contribution in [-0.2, 0) is 0 Å². The predicted molar refractivity (Wildman–Crippen MR) is 76.3 cm³/mol. The number of aromatic amines is 1. The highest BCUT2D eigenvalue weighted by Gasteiger charge is 2.16. The molecule has 1 N–H and O–H groups in total. The van der Waals surface area contributed by atoms with Crippen LogP contribution in [-0.4, -0.2) is 4.98 Å². The van der Waals surface area contributed by atoms with Crippen LogP contribution in [0.2, 0.25) is 5.02 Å². The van der Waals surface area contributed by atoms with E-state index in [1.54, 1.807) is 18.3 Å². The maximum atomic E-state index is 11.8. The number of hydrogen-bond donors (Lipinski definition) is 1. The van der Waals surface area contributed by atoms with Gasteiger partial charge < -0.3 is 4.98 Å². The molecule has 1 aromatic heterocycles. The Morgan fingerprint density at radius 2 is 2.11 bits per heavy atom. The van der Waals surface area contributed by atoms with E-state index >= 15 is 0 Å². The summed E-state index contributed by atoms with van der Waals surface area (Å²) in [7, 11) is 0. The molecule has 4 heteroatoms. The number of halogens is 1. The highest BCUT2D eigenvalue weighted by atomic mass is 35.5. The zero-order chi connectivity index (χ0) is 14.0. The van der Waals surface area contributed by atoms with E-state index in [9.17, 15) is 10.1 Å². The highest BCUT2D eigenvalue weighted by Crippen LogP contribution is 2.31. The lowest BCUT2D eigenvalue weighted by Gasteiger charge is -2.14. The van der Waals surface area contributed by atoms with Gasteiger partial charge in [0.15, 0.2) is 0 Å². The molecule has 0 aliphatic carbocycles. The van der Waals surface area contributed by atoms with Gasteiger partial charge in [-0.2, -0.15) is 5.26 Å². The van der Waals surface area contributed by atoms with Crippen molar-refractivity contribution >= 4 is 11.6 Å². The van der Waals surface area contributed by atoms with Crippen LogP contribution in [0.3, 0.4) is 0 Å². The van der Waals surface area contributed by atoms with Gasteiger partial charge in [0.25, 0.3) is 5.56 Å². The first kappa shape index (κ1) is 13.4. The Kier molecular flexibility index (Phi) is 3.73. The standard InChI is InChI=1S/C15H13ClN2O/c1-9(2)13-8-18-15(19)12(7-17)14(13)10-4-3-5-11(16)6-10/h3-6,8-9H,1-2H3,(H,18,19). The average molecular weight is 273 g/mol. The van der Waals surface area contributed by atoms with Crippen molar-refractivity contribution in [1.82, 2.24) is 4.98 Å². The molecule has 0 amide bonds. The van der Waals surface area contributed by atoms with Crippen LogP contribution in [0, 0.1) is 11.3 Å². The van der Waals surface area contributed by atoms with Crippen LogP contribution in [0.15, 0.2) is 35.3 Å². The summed E-state index contributed by atoms with van der Waals surface area (Å²) in [6.45, 7) is 4.03. The van der Waals surface area contributed by atoms with Crippen molar-refractivity contribution in [2.75, 3.05) is 0 Å². The molecular weight excluding hydrogens is 260 g/mol. The molecule has 3 nitrogen and oxygen atoms in total. The predicted octanol–water partition coefficient (Wildman–Crippen LogP) is 3.69. The summed E-state index contributed by atoms with van der Waals surface area (Å²) in [6, 6.07) is 9.18. The van der Waals surface area contributed by atoms with Gasteiger partial charge in [-0.1, -0.05) is 37.6 Å². The minimum atomic E-state index is -0.373. The van der Waals surface area contributed by atoms with Crippen molar-refractivity contribution < 1.29 is 0 Å². The molecule has 19 heavy (non-hydrogen) atoms. The van der Waals surface area contributed by atoms with E-state index in [4.69, 9.17) is 11.6 Å². The van der Waals surface area contributed by atoms with Gasteiger partial charge in [-0.3, -0.25) is 4.79 Å². The number of pyridine rings is 1. The summed E-state index contributed by atoms with van der Waals surface area (Å²) in [5.41, 5.74) is 2.15. The normalized spacial score (nSPS) is 10.5. The second-order valence-electron chi connectivity index (χ2n) is 4.60. The molecule has 2 rings (SSSR count). The van der Waals surface area contributed by atoms with Crippen molar-refractivity contribution in [3.63, 3.8) is 0 Å². The van der Waals surface area contributed by atoms with Crippen LogP contribution in [0.25, 0.3) is 11.1 Å². The summed E-state index contributed by atoms with van der Waals surface area (Å²) in [5, 5.41) is 9.81. The lowest BCUT2D eigenvalue weighted by atomic mass is 9.91. The van der Waals surface area contributed by atoms with Crippen LogP contribution in [0.5, 0.6) is 0 Å². The maximum absolute atomic E-state index is 11.8. The second-order valence-corrected chi connectivity index (χ2v) is 5.04. The molecule has 1 aromatic carbocycles. The van der Waals surface area contributed by atoms with E-state index in [2.05, 4.69) is 4.98 Å². The van der Waals surface area contributed by atoms with Gasteiger partial charge in [-0.25, -0.2) is 0 Å². The highest BCUT2D eigenvalue weighted by molar-refractivity contribution is 6.30. The third-order valence-electron chi connectivity index (χ3n) is 2.97. The first-order valence-corrected chi connectivity index (χ1v) is 6.34. The molecule has 0 bridgehead atoms. The monoisotopic (exact) mass is 272 g/mol. The molecule has 96 valence electrons. The van der Waals surface area contributed by atoms with E-state index in [1.807, 2.05) is 32.0 Å². The molecule has 0 spiro atoms. The Bertz CT molecular complexity index is 711. The van der Waals surface area contributed by atoms with E-state index < -0.39 is 0 Å². The third-order valence-corrected chi connectivity index (χ3v) is 3.21. The lowest BCUT2D eigenvalue weighted by molar-refractivity contribution is 0.857. The molecule has 2 aromatic rings. The molecule has 0 aliphatic rings. The van der Waals surface area contributed by atoms with Gasteiger partial charge in [0.05, 0.1) is 0 Å². The molecule has 0 saturated heterocycles. The zero-order valence-corrected chi connectivity index (χ0v) is 11.5. The number of nitrogens with one attached hydrogen (secondary N) is 1. The van der Waals surface area contributed by atoms with E-state index in [-0.39, 0.29) is 17.0 Å². The SMILES string of the molecule is CC(C)c1c[nH]c(=O)c(C#N)c1-c1cccc(Cl)c1. The zero-order valence-electron chi connectivity index (χ0n) is 10.7. The molecule has 0 fully saturated rings. The van der Waals surface area contributed by atoms with Crippen molar-refractivity contribution in [2.45, 2.75) is 19.8 Å². The van der Waals surface area contributed by atoms with E-state index in [0.717, 1.165) is 11.1 Å². The van der Waals surface area contributed by atoms with Gasteiger partial charge in [0.1, 0.15) is 11.6 Å². The third kappa shape index (κ3) is 2.54. The lowest BCUT2D eigenvalue weighted by Crippen LogP contribution is -2.13. The van der Waals surface area contributed by atoms with Crippen LogP contribution in [0.4, 0.5) is 0 Å². The Hall–Kier alpha value is -2.05. The van der Waals surface area contributed by atoms with Crippen molar-refractivity contribution in [3.8, 4) is 17.2 Å². The molecule has 0 saturated carbocycles. The number of benzene rings is 1. The number of nitrogens with zero attached hydrogens (tertiary/aromatic N) is 1. The topological polar surface area (TPSA) is 56.6 Å². The summed E-state index contributed by atoms with van der Waals surface area (Å²) in [5.74, 6) is 0.193. The second kappa shape index (κ2) is 5.29. The molecule has 0 unspecified atom stereocenters. The number of aromatic nitrogens is 1. The number of H-pyrrole nitrogens is 1. The summed E-state index contributed by atoms with van der Waals surface area (Å²) in [4.78, 5) is 14.4. The van der Waals surface area contributed by atoms with E-state index in [1.165, 1.54) is 0 Å². The van der Waals surface area contributed by atoms with Crippen LogP contribution in [0.1, 0.15) is 30.9 Å². The van der Waals surface area contributed by atoms with Gasteiger partial charge in [0, 0.05) is 16.8 Å². The van der Waals surface area contributed by atoms with Gasteiger partial charge in [-0.15, -0.1) is 0 Å². The fourth-order valence-electron chi connectivity index (χ4n) is 2.06. The Morgan fingerprint density at radius 1 is 1.37 bits per heavy atom.